The number of anilines is 1. The Bertz CT molecular complexity index is 755. The molecule has 0 atom stereocenters. The number of pyridine rings is 1. The predicted octanol–water partition coefficient (Wildman–Crippen LogP) is 3.53. The van der Waals surface area contributed by atoms with Crippen LogP contribution in [0.5, 0.6) is 0 Å². The standard InChI is InChI=1S/C16H13Cl2N3O2/c17-11-2-1-3-12(18)14(11)21-16(23)13-8-9(6-7-19-13)15(22)20-10-4-5-10/h1-3,6-8,10H,4-5H2,(H,20,22)(H,21,23). The summed E-state index contributed by atoms with van der Waals surface area (Å²) in [6.45, 7) is 0. The Balaban J connectivity index is 1.78. The maximum absolute atomic E-state index is 12.3. The first-order chi connectivity index (χ1) is 11.0. The lowest BCUT2D eigenvalue weighted by Gasteiger charge is -2.09. The molecule has 0 spiro atoms. The van der Waals surface area contributed by atoms with Gasteiger partial charge in [-0.05, 0) is 37.1 Å². The van der Waals surface area contributed by atoms with E-state index >= 15 is 0 Å². The molecule has 3 rings (SSSR count). The lowest BCUT2D eigenvalue weighted by Crippen LogP contribution is -2.26. The Kier molecular flexibility index (Phi) is 4.50. The van der Waals surface area contributed by atoms with Crippen LogP contribution in [0.1, 0.15) is 33.7 Å². The van der Waals surface area contributed by atoms with Crippen LogP contribution in [0.2, 0.25) is 10.0 Å². The predicted molar refractivity (Wildman–Crippen MR) is 89.1 cm³/mol. The summed E-state index contributed by atoms with van der Waals surface area (Å²) in [6.07, 6.45) is 3.41. The highest BCUT2D eigenvalue weighted by Crippen LogP contribution is 2.30. The quantitative estimate of drug-likeness (QED) is 0.886. The molecular weight excluding hydrogens is 337 g/mol. The minimum Gasteiger partial charge on any atom is -0.349 e. The van der Waals surface area contributed by atoms with E-state index in [0.717, 1.165) is 12.8 Å². The first-order valence-electron chi connectivity index (χ1n) is 7.07. The molecule has 0 radical (unpaired) electrons. The van der Waals surface area contributed by atoms with Crippen LogP contribution in [0.3, 0.4) is 0 Å². The number of aromatic nitrogens is 1. The van der Waals surface area contributed by atoms with Gasteiger partial charge in [0.1, 0.15) is 5.69 Å². The number of benzene rings is 1. The number of hydrogen-bond acceptors (Lipinski definition) is 3. The number of hydrogen-bond donors (Lipinski definition) is 2. The van der Waals surface area contributed by atoms with Crippen molar-refractivity contribution < 1.29 is 9.59 Å². The summed E-state index contributed by atoms with van der Waals surface area (Å²) in [4.78, 5) is 28.3. The van der Waals surface area contributed by atoms with E-state index in [0.29, 0.717) is 21.3 Å². The minimum atomic E-state index is -0.485. The fourth-order valence-electron chi connectivity index (χ4n) is 1.99. The molecule has 2 aromatic rings. The zero-order valence-corrected chi connectivity index (χ0v) is 13.5. The topological polar surface area (TPSA) is 71.1 Å². The molecule has 0 bridgehead atoms. The Morgan fingerprint density at radius 2 is 1.78 bits per heavy atom. The van der Waals surface area contributed by atoms with Gasteiger partial charge in [0.15, 0.2) is 0 Å². The van der Waals surface area contributed by atoms with Crippen molar-refractivity contribution in [2.45, 2.75) is 18.9 Å². The van der Waals surface area contributed by atoms with E-state index in [1.165, 1.54) is 12.3 Å². The van der Waals surface area contributed by atoms with E-state index in [9.17, 15) is 9.59 Å². The van der Waals surface area contributed by atoms with Crippen LogP contribution in [0, 0.1) is 0 Å². The van der Waals surface area contributed by atoms with E-state index in [1.54, 1.807) is 24.3 Å². The van der Waals surface area contributed by atoms with Crippen molar-refractivity contribution in [1.82, 2.24) is 10.3 Å². The van der Waals surface area contributed by atoms with Crippen LogP contribution in [0.25, 0.3) is 0 Å². The van der Waals surface area contributed by atoms with E-state index in [-0.39, 0.29) is 17.6 Å². The molecule has 23 heavy (non-hydrogen) atoms. The molecule has 118 valence electrons. The van der Waals surface area contributed by atoms with Crippen LogP contribution in [-0.4, -0.2) is 22.8 Å². The second-order valence-corrected chi connectivity index (χ2v) is 6.04. The fourth-order valence-corrected chi connectivity index (χ4v) is 2.48. The van der Waals surface area contributed by atoms with Gasteiger partial charge in [-0.2, -0.15) is 0 Å². The SMILES string of the molecule is O=C(NC1CC1)c1ccnc(C(=O)Nc2c(Cl)cccc2Cl)c1. The summed E-state index contributed by atoms with van der Waals surface area (Å²) in [5, 5.41) is 6.14. The van der Waals surface area contributed by atoms with Crippen molar-refractivity contribution in [3.05, 3.63) is 57.8 Å². The van der Waals surface area contributed by atoms with Gasteiger partial charge in [0.25, 0.3) is 11.8 Å². The summed E-state index contributed by atoms with van der Waals surface area (Å²) in [7, 11) is 0. The van der Waals surface area contributed by atoms with Crippen molar-refractivity contribution in [3.63, 3.8) is 0 Å². The van der Waals surface area contributed by atoms with E-state index in [4.69, 9.17) is 23.2 Å². The second kappa shape index (κ2) is 6.56. The highest BCUT2D eigenvalue weighted by Gasteiger charge is 2.24. The third kappa shape index (κ3) is 3.81. The zero-order chi connectivity index (χ0) is 16.4. The average Bonchev–Trinajstić information content (AvgIpc) is 3.35. The zero-order valence-electron chi connectivity index (χ0n) is 12.0. The summed E-state index contributed by atoms with van der Waals surface area (Å²) in [5.41, 5.74) is 0.821. The monoisotopic (exact) mass is 349 g/mol. The molecule has 5 nitrogen and oxygen atoms in total. The van der Waals surface area contributed by atoms with Crippen molar-refractivity contribution in [1.29, 1.82) is 0 Å². The second-order valence-electron chi connectivity index (χ2n) is 5.23. The summed E-state index contributed by atoms with van der Waals surface area (Å²) < 4.78 is 0. The third-order valence-electron chi connectivity index (χ3n) is 3.37. The van der Waals surface area contributed by atoms with Gasteiger partial charge in [0.05, 0.1) is 15.7 Å². The molecule has 1 aliphatic carbocycles. The van der Waals surface area contributed by atoms with Gasteiger partial charge >= 0.3 is 0 Å². The van der Waals surface area contributed by atoms with E-state index in [2.05, 4.69) is 15.6 Å². The van der Waals surface area contributed by atoms with Crippen LogP contribution in [0.4, 0.5) is 5.69 Å². The Labute approximate surface area is 143 Å². The van der Waals surface area contributed by atoms with Crippen LogP contribution < -0.4 is 10.6 Å². The number of para-hydroxylation sites is 1. The molecule has 0 saturated heterocycles. The minimum absolute atomic E-state index is 0.115. The van der Waals surface area contributed by atoms with Crippen molar-refractivity contribution >= 4 is 40.7 Å². The van der Waals surface area contributed by atoms with E-state index < -0.39 is 5.91 Å². The Hall–Kier alpha value is -2.11. The van der Waals surface area contributed by atoms with Crippen LogP contribution in [0.15, 0.2) is 36.5 Å². The molecule has 1 fully saturated rings. The molecule has 0 aliphatic heterocycles. The maximum Gasteiger partial charge on any atom is 0.274 e. The van der Waals surface area contributed by atoms with Gasteiger partial charge in [0, 0.05) is 17.8 Å². The molecule has 1 aliphatic rings. The summed E-state index contributed by atoms with van der Waals surface area (Å²) in [6, 6.07) is 8.18. The number of nitrogens with zero attached hydrogens (tertiary/aromatic N) is 1. The smallest absolute Gasteiger partial charge is 0.274 e. The lowest BCUT2D eigenvalue weighted by atomic mass is 10.2. The fraction of sp³-hybridized carbons (Fsp3) is 0.188. The van der Waals surface area contributed by atoms with E-state index in [1.807, 2.05) is 0 Å². The Morgan fingerprint density at radius 1 is 1.09 bits per heavy atom. The highest BCUT2D eigenvalue weighted by atomic mass is 35.5. The lowest BCUT2D eigenvalue weighted by molar-refractivity contribution is 0.0951. The summed E-state index contributed by atoms with van der Waals surface area (Å²) >= 11 is 12.0. The largest absolute Gasteiger partial charge is 0.349 e. The van der Waals surface area contributed by atoms with Crippen LogP contribution >= 0.6 is 23.2 Å². The highest BCUT2D eigenvalue weighted by molar-refractivity contribution is 6.40. The summed E-state index contributed by atoms with van der Waals surface area (Å²) in [5.74, 6) is -0.694. The molecule has 1 saturated carbocycles. The molecule has 2 N–H and O–H groups in total. The molecule has 7 heteroatoms. The normalized spacial score (nSPS) is 13.5. The van der Waals surface area contributed by atoms with Crippen molar-refractivity contribution in [2.24, 2.45) is 0 Å². The number of amides is 2. The number of carbonyl (C=O) groups excluding carboxylic acids is 2. The third-order valence-corrected chi connectivity index (χ3v) is 4.00. The van der Waals surface area contributed by atoms with Gasteiger partial charge in [-0.1, -0.05) is 29.3 Å². The molecule has 1 heterocycles. The number of rotatable bonds is 4. The Morgan fingerprint density at radius 3 is 2.43 bits per heavy atom. The van der Waals surface area contributed by atoms with Crippen LogP contribution in [-0.2, 0) is 0 Å². The number of nitrogens with one attached hydrogen (secondary N) is 2. The van der Waals surface area contributed by atoms with Gasteiger partial charge in [-0.25, -0.2) is 0 Å². The van der Waals surface area contributed by atoms with Crippen molar-refractivity contribution in [3.8, 4) is 0 Å². The molecule has 1 aromatic heterocycles. The molecule has 0 unspecified atom stereocenters. The average molecular weight is 350 g/mol. The molecular formula is C16H13Cl2N3O2. The van der Waals surface area contributed by atoms with Gasteiger partial charge < -0.3 is 10.6 Å². The number of carbonyl (C=O) groups is 2. The first-order valence-corrected chi connectivity index (χ1v) is 7.82. The van der Waals surface area contributed by atoms with Gasteiger partial charge in [-0.15, -0.1) is 0 Å². The maximum atomic E-state index is 12.3. The molecule has 1 aromatic carbocycles. The first kappa shape index (κ1) is 15.8. The van der Waals surface area contributed by atoms with Crippen molar-refractivity contribution in [2.75, 3.05) is 5.32 Å². The number of halogens is 2. The molecule has 2 amide bonds. The van der Waals surface area contributed by atoms with Gasteiger partial charge in [0.2, 0.25) is 0 Å². The van der Waals surface area contributed by atoms with Gasteiger partial charge in [-0.3, -0.25) is 14.6 Å².